The first-order valence-electron chi connectivity index (χ1n) is 5.65. The van der Waals surface area contributed by atoms with Crippen molar-refractivity contribution in [2.45, 2.75) is 26.4 Å². The van der Waals surface area contributed by atoms with E-state index in [9.17, 15) is 9.59 Å². The van der Waals surface area contributed by atoms with Crippen LogP contribution in [-0.2, 0) is 23.8 Å². The minimum Gasteiger partial charge on any atom is -0.465 e. The van der Waals surface area contributed by atoms with Gasteiger partial charge in [-0.15, -0.1) is 0 Å². The largest absolute Gasteiger partial charge is 0.465 e. The Bertz CT molecular complexity index is 281. The van der Waals surface area contributed by atoms with E-state index in [0.717, 1.165) is 6.42 Å². The number of carbonyl (C=O) groups is 2. The lowest BCUT2D eigenvalue weighted by Gasteiger charge is -2.16. The molecule has 0 bridgehead atoms. The molecule has 1 saturated heterocycles. The molecule has 2 atom stereocenters. The highest BCUT2D eigenvalue weighted by Gasteiger charge is 2.79. The molecule has 1 aliphatic heterocycles. The number of hydrogen-bond acceptors (Lipinski definition) is 5. The van der Waals surface area contributed by atoms with Gasteiger partial charge in [-0.2, -0.15) is 0 Å². The summed E-state index contributed by atoms with van der Waals surface area (Å²) in [6.07, 6.45) is 0.396. The zero-order valence-corrected chi connectivity index (χ0v) is 9.52. The van der Waals surface area contributed by atoms with Crippen LogP contribution in [0.1, 0.15) is 20.3 Å². The van der Waals surface area contributed by atoms with Gasteiger partial charge in [-0.1, -0.05) is 0 Å². The Balaban J connectivity index is 2.16. The lowest BCUT2D eigenvalue weighted by Crippen LogP contribution is -2.36. The van der Waals surface area contributed by atoms with Crippen LogP contribution in [0.3, 0.4) is 0 Å². The van der Waals surface area contributed by atoms with Crippen LogP contribution in [0, 0.1) is 11.3 Å². The maximum absolute atomic E-state index is 11.9. The fourth-order valence-corrected chi connectivity index (χ4v) is 2.49. The van der Waals surface area contributed by atoms with Gasteiger partial charge in [-0.25, -0.2) is 0 Å². The van der Waals surface area contributed by atoms with Gasteiger partial charge < -0.3 is 14.2 Å². The molecule has 0 amide bonds. The molecule has 0 unspecified atom stereocenters. The monoisotopic (exact) mass is 228 g/mol. The normalized spacial score (nSPS) is 29.4. The average molecular weight is 228 g/mol. The van der Waals surface area contributed by atoms with Gasteiger partial charge in [0, 0.05) is 12.5 Å². The summed E-state index contributed by atoms with van der Waals surface area (Å²) in [5.74, 6) is -1.04. The Morgan fingerprint density at radius 1 is 1.25 bits per heavy atom. The average Bonchev–Trinajstić information content (AvgIpc) is 2.65. The molecule has 5 nitrogen and oxygen atoms in total. The molecule has 0 N–H and O–H groups in total. The highest BCUT2D eigenvalue weighted by atomic mass is 16.6. The van der Waals surface area contributed by atoms with E-state index in [1.54, 1.807) is 13.8 Å². The second kappa shape index (κ2) is 4.05. The molecule has 0 aromatic heterocycles. The predicted octanol–water partition coefficient (Wildman–Crippen LogP) is 0.518. The van der Waals surface area contributed by atoms with Gasteiger partial charge in [0.25, 0.3) is 0 Å². The molecule has 16 heavy (non-hydrogen) atoms. The van der Waals surface area contributed by atoms with Gasteiger partial charge in [-0.3, -0.25) is 9.59 Å². The number of rotatable bonds is 4. The van der Waals surface area contributed by atoms with Gasteiger partial charge in [0.2, 0.25) is 0 Å². The molecule has 0 radical (unpaired) electrons. The first-order valence-corrected chi connectivity index (χ1v) is 5.65. The predicted molar refractivity (Wildman–Crippen MR) is 53.5 cm³/mol. The number of hydrogen-bond donors (Lipinski definition) is 0. The molecule has 90 valence electrons. The van der Waals surface area contributed by atoms with Crippen LogP contribution in [0.15, 0.2) is 0 Å². The highest BCUT2D eigenvalue weighted by molar-refractivity contribution is 6.05. The molecule has 1 aliphatic carbocycles. The number of esters is 2. The molecule has 0 spiro atoms. The van der Waals surface area contributed by atoms with Crippen LogP contribution in [0.5, 0.6) is 0 Å². The molecule has 1 saturated carbocycles. The fraction of sp³-hybridized carbons (Fsp3) is 0.818. The van der Waals surface area contributed by atoms with Crippen molar-refractivity contribution in [2.75, 3.05) is 19.8 Å². The summed E-state index contributed by atoms with van der Waals surface area (Å²) in [4.78, 5) is 23.7. The van der Waals surface area contributed by atoms with Crippen molar-refractivity contribution < 1.29 is 23.8 Å². The van der Waals surface area contributed by atoms with Gasteiger partial charge >= 0.3 is 11.9 Å². The van der Waals surface area contributed by atoms with E-state index >= 15 is 0 Å². The standard InChI is InChI=1S/C11H16O5/c1-3-14-9(12)11(10(13)15-4-2)7-5-6-16-8(7)11/h7-8H,3-6H2,1-2H3/t7-,8+/m1/s1. The molecule has 5 heteroatoms. The van der Waals surface area contributed by atoms with Crippen molar-refractivity contribution in [3.8, 4) is 0 Å². The zero-order valence-electron chi connectivity index (χ0n) is 9.52. The van der Waals surface area contributed by atoms with Crippen LogP contribution in [0.4, 0.5) is 0 Å². The molecule has 2 aliphatic rings. The van der Waals surface area contributed by atoms with Gasteiger partial charge in [0.15, 0.2) is 5.41 Å². The van der Waals surface area contributed by atoms with Crippen LogP contribution in [0.25, 0.3) is 0 Å². The smallest absolute Gasteiger partial charge is 0.326 e. The van der Waals surface area contributed by atoms with E-state index in [4.69, 9.17) is 14.2 Å². The molecule has 0 aromatic rings. The molecule has 1 heterocycles. The Morgan fingerprint density at radius 2 is 1.81 bits per heavy atom. The lowest BCUT2D eigenvalue weighted by atomic mass is 10.0. The van der Waals surface area contributed by atoms with Crippen molar-refractivity contribution in [1.29, 1.82) is 0 Å². The Kier molecular flexibility index (Phi) is 2.88. The fourth-order valence-electron chi connectivity index (χ4n) is 2.49. The molecule has 2 rings (SSSR count). The summed E-state index contributed by atoms with van der Waals surface area (Å²) < 4.78 is 15.3. The van der Waals surface area contributed by atoms with E-state index in [2.05, 4.69) is 0 Å². The second-order valence-electron chi connectivity index (χ2n) is 4.00. The van der Waals surface area contributed by atoms with Crippen molar-refractivity contribution in [3.05, 3.63) is 0 Å². The summed E-state index contributed by atoms with van der Waals surface area (Å²) in [5, 5.41) is 0. The van der Waals surface area contributed by atoms with Gasteiger partial charge in [-0.05, 0) is 20.3 Å². The number of ether oxygens (including phenoxy) is 3. The minimum atomic E-state index is -1.16. The third kappa shape index (κ3) is 1.34. The molecule has 0 aromatic carbocycles. The second-order valence-corrected chi connectivity index (χ2v) is 4.00. The topological polar surface area (TPSA) is 61.8 Å². The summed E-state index contributed by atoms with van der Waals surface area (Å²) >= 11 is 0. The van der Waals surface area contributed by atoms with E-state index in [1.165, 1.54) is 0 Å². The first kappa shape index (κ1) is 11.4. The maximum atomic E-state index is 11.9. The van der Waals surface area contributed by atoms with E-state index in [0.29, 0.717) is 6.61 Å². The van der Waals surface area contributed by atoms with Crippen LogP contribution < -0.4 is 0 Å². The van der Waals surface area contributed by atoms with E-state index < -0.39 is 17.4 Å². The molecular formula is C11H16O5. The third-order valence-corrected chi connectivity index (χ3v) is 3.24. The Morgan fingerprint density at radius 3 is 2.19 bits per heavy atom. The highest BCUT2D eigenvalue weighted by Crippen LogP contribution is 2.61. The van der Waals surface area contributed by atoms with Crippen molar-refractivity contribution >= 4 is 11.9 Å². The SMILES string of the molecule is CCOC(=O)C1(C(=O)OCC)[C@@H]2CCO[C@@H]21. The third-order valence-electron chi connectivity index (χ3n) is 3.24. The van der Waals surface area contributed by atoms with E-state index in [-0.39, 0.29) is 25.2 Å². The van der Waals surface area contributed by atoms with Gasteiger partial charge in [0.1, 0.15) is 0 Å². The number of fused-ring (bicyclic) bond motifs is 1. The summed E-state index contributed by atoms with van der Waals surface area (Å²) in [6.45, 7) is 4.57. The van der Waals surface area contributed by atoms with Crippen LogP contribution >= 0.6 is 0 Å². The van der Waals surface area contributed by atoms with Crippen LogP contribution in [0.2, 0.25) is 0 Å². The molecule has 2 fully saturated rings. The first-order chi connectivity index (χ1) is 7.69. The van der Waals surface area contributed by atoms with Crippen molar-refractivity contribution in [2.24, 2.45) is 11.3 Å². The number of carbonyl (C=O) groups excluding carboxylic acids is 2. The summed E-state index contributed by atoms with van der Waals surface area (Å²) in [7, 11) is 0. The maximum Gasteiger partial charge on any atom is 0.326 e. The zero-order chi connectivity index (χ0) is 11.8. The van der Waals surface area contributed by atoms with E-state index in [1.807, 2.05) is 0 Å². The van der Waals surface area contributed by atoms with Crippen molar-refractivity contribution in [1.82, 2.24) is 0 Å². The summed E-state index contributed by atoms with van der Waals surface area (Å²) in [5.41, 5.74) is -1.16. The Labute approximate surface area is 94.0 Å². The van der Waals surface area contributed by atoms with Gasteiger partial charge in [0.05, 0.1) is 19.3 Å². The van der Waals surface area contributed by atoms with Crippen molar-refractivity contribution in [3.63, 3.8) is 0 Å². The Hall–Kier alpha value is -1.10. The molecular weight excluding hydrogens is 212 g/mol. The summed E-state index contributed by atoms with van der Waals surface area (Å²) in [6, 6.07) is 0. The quantitative estimate of drug-likeness (QED) is 0.518. The lowest BCUT2D eigenvalue weighted by molar-refractivity contribution is -0.168. The minimum absolute atomic E-state index is 0.0504. The van der Waals surface area contributed by atoms with Crippen LogP contribution in [-0.4, -0.2) is 37.9 Å².